The Hall–Kier alpha value is -1.06. The molecule has 3 heteroatoms. The van der Waals surface area contributed by atoms with E-state index < -0.39 is 0 Å². The first-order valence-electron chi connectivity index (χ1n) is 5.23. The highest BCUT2D eigenvalue weighted by Gasteiger charge is 2.17. The first-order valence-corrected chi connectivity index (χ1v) is 6.96. The predicted octanol–water partition coefficient (Wildman–Crippen LogP) is 4.44. The van der Waals surface area contributed by atoms with Gasteiger partial charge in [-0.25, -0.2) is 0 Å². The van der Waals surface area contributed by atoms with E-state index in [1.807, 2.05) is 60.7 Å². The zero-order chi connectivity index (χ0) is 12.1. The minimum absolute atomic E-state index is 0.0994. The summed E-state index contributed by atoms with van der Waals surface area (Å²) in [7, 11) is 0. The van der Waals surface area contributed by atoms with Crippen molar-refractivity contribution in [3.63, 3.8) is 0 Å². The number of benzene rings is 2. The third-order valence-corrected chi connectivity index (χ3v) is 4.45. The van der Waals surface area contributed by atoms with Crippen LogP contribution in [0.5, 0.6) is 0 Å². The summed E-state index contributed by atoms with van der Waals surface area (Å²) in [5.41, 5.74) is 0.987. The molecule has 86 valence electrons. The molecule has 0 aliphatic heterocycles. The molecule has 0 bridgehead atoms. The molecule has 1 unspecified atom stereocenters. The molecule has 0 fully saturated rings. The van der Waals surface area contributed by atoms with Crippen molar-refractivity contribution in [3.8, 4) is 0 Å². The molecule has 2 aromatic rings. The number of halogens is 1. The summed E-state index contributed by atoms with van der Waals surface area (Å²) in [4.78, 5) is 12.7. The lowest BCUT2D eigenvalue weighted by Crippen LogP contribution is -2.01. The van der Waals surface area contributed by atoms with Gasteiger partial charge in [0.05, 0.1) is 0 Å². The summed E-state index contributed by atoms with van der Waals surface area (Å²) in [5, 5.41) is 0.0994. The highest BCUT2D eigenvalue weighted by atomic mass is 79.9. The summed E-state index contributed by atoms with van der Waals surface area (Å²) in [5.74, 6) is 0. The van der Waals surface area contributed by atoms with E-state index in [0.717, 1.165) is 10.5 Å². The van der Waals surface area contributed by atoms with Crippen LogP contribution in [0, 0.1) is 0 Å². The van der Waals surface area contributed by atoms with Gasteiger partial charge in [0.2, 0.25) is 5.12 Å². The lowest BCUT2D eigenvalue weighted by molar-refractivity contribution is -0.110. The Bertz CT molecular complexity index is 484. The first-order chi connectivity index (χ1) is 8.27. The van der Waals surface area contributed by atoms with Crippen molar-refractivity contribution in [2.75, 3.05) is 0 Å². The Labute approximate surface area is 113 Å². The largest absolute Gasteiger partial charge is 0.285 e. The van der Waals surface area contributed by atoms with E-state index in [0.29, 0.717) is 0 Å². The van der Waals surface area contributed by atoms with Crippen LogP contribution in [-0.4, -0.2) is 5.12 Å². The number of carbonyl (C=O) groups is 1. The molecule has 0 saturated heterocycles. The summed E-state index contributed by atoms with van der Waals surface area (Å²) >= 11 is 4.70. The lowest BCUT2D eigenvalue weighted by Gasteiger charge is -2.08. The van der Waals surface area contributed by atoms with E-state index in [4.69, 9.17) is 0 Å². The second kappa shape index (κ2) is 6.03. The van der Waals surface area contributed by atoms with Crippen LogP contribution in [0.25, 0.3) is 0 Å². The fourth-order valence-corrected chi connectivity index (χ4v) is 2.77. The van der Waals surface area contributed by atoms with Crippen LogP contribution in [0.3, 0.4) is 0 Å². The van der Waals surface area contributed by atoms with Crippen molar-refractivity contribution in [1.29, 1.82) is 0 Å². The number of hydrogen-bond acceptors (Lipinski definition) is 2. The molecule has 0 heterocycles. The van der Waals surface area contributed by atoms with E-state index >= 15 is 0 Å². The monoisotopic (exact) mass is 306 g/mol. The van der Waals surface area contributed by atoms with Crippen molar-refractivity contribution in [1.82, 2.24) is 0 Å². The molecule has 2 aromatic carbocycles. The van der Waals surface area contributed by atoms with Gasteiger partial charge in [0.1, 0.15) is 4.83 Å². The molecule has 0 aromatic heterocycles. The SMILES string of the molecule is O=C(Sc1ccccc1)C(Br)c1ccccc1. The van der Waals surface area contributed by atoms with Crippen molar-refractivity contribution in [2.24, 2.45) is 0 Å². The smallest absolute Gasteiger partial charge is 0.211 e. The first kappa shape index (κ1) is 12.4. The zero-order valence-corrected chi connectivity index (χ0v) is 11.4. The number of hydrogen-bond donors (Lipinski definition) is 0. The maximum absolute atomic E-state index is 12.0. The minimum Gasteiger partial charge on any atom is -0.285 e. The summed E-state index contributed by atoms with van der Waals surface area (Å²) in [6.45, 7) is 0. The van der Waals surface area contributed by atoms with Crippen LogP contribution in [0.1, 0.15) is 10.4 Å². The van der Waals surface area contributed by atoms with Gasteiger partial charge in [-0.1, -0.05) is 76.2 Å². The molecule has 0 amide bonds. The number of thioether (sulfide) groups is 1. The molecule has 0 aliphatic rings. The quantitative estimate of drug-likeness (QED) is 0.616. The van der Waals surface area contributed by atoms with Gasteiger partial charge in [0.25, 0.3) is 0 Å². The van der Waals surface area contributed by atoms with Gasteiger partial charge in [-0.15, -0.1) is 0 Å². The Morgan fingerprint density at radius 3 is 2.06 bits per heavy atom. The Balaban J connectivity index is 2.06. The van der Waals surface area contributed by atoms with Crippen LogP contribution in [0.2, 0.25) is 0 Å². The summed E-state index contributed by atoms with van der Waals surface area (Å²) in [6, 6.07) is 19.4. The maximum atomic E-state index is 12.0. The van der Waals surface area contributed by atoms with Gasteiger partial charge in [-0.05, 0) is 17.7 Å². The number of rotatable bonds is 3. The fraction of sp³-hybridized carbons (Fsp3) is 0.0714. The molecule has 0 saturated carbocycles. The van der Waals surface area contributed by atoms with Crippen LogP contribution in [0.15, 0.2) is 65.6 Å². The minimum atomic E-state index is -0.256. The summed E-state index contributed by atoms with van der Waals surface area (Å²) < 4.78 is 0. The molecule has 1 atom stereocenters. The lowest BCUT2D eigenvalue weighted by atomic mass is 10.2. The highest BCUT2D eigenvalue weighted by molar-refractivity contribution is 9.09. The fourth-order valence-electron chi connectivity index (χ4n) is 1.41. The Morgan fingerprint density at radius 2 is 1.47 bits per heavy atom. The molecule has 17 heavy (non-hydrogen) atoms. The van der Waals surface area contributed by atoms with Crippen molar-refractivity contribution >= 4 is 32.8 Å². The molecule has 0 spiro atoms. The highest BCUT2D eigenvalue weighted by Crippen LogP contribution is 2.31. The van der Waals surface area contributed by atoms with E-state index in [1.54, 1.807) is 0 Å². The average Bonchev–Trinajstić information content (AvgIpc) is 2.40. The molecule has 0 aliphatic carbocycles. The van der Waals surface area contributed by atoms with Crippen molar-refractivity contribution in [3.05, 3.63) is 66.2 Å². The molecule has 0 radical (unpaired) electrons. The zero-order valence-electron chi connectivity index (χ0n) is 9.05. The average molecular weight is 307 g/mol. The van der Waals surface area contributed by atoms with Gasteiger partial charge in [-0.3, -0.25) is 4.79 Å². The van der Waals surface area contributed by atoms with Crippen LogP contribution < -0.4 is 0 Å². The Kier molecular flexibility index (Phi) is 4.40. The van der Waals surface area contributed by atoms with Crippen molar-refractivity contribution < 1.29 is 4.79 Å². The molecule has 2 rings (SSSR count). The van der Waals surface area contributed by atoms with Gasteiger partial charge >= 0.3 is 0 Å². The maximum Gasteiger partial charge on any atom is 0.211 e. The summed E-state index contributed by atoms with van der Waals surface area (Å²) in [6.07, 6.45) is 0. The third-order valence-electron chi connectivity index (χ3n) is 2.26. The van der Waals surface area contributed by atoms with Gasteiger partial charge in [-0.2, -0.15) is 0 Å². The van der Waals surface area contributed by atoms with E-state index in [1.165, 1.54) is 11.8 Å². The topological polar surface area (TPSA) is 17.1 Å². The van der Waals surface area contributed by atoms with Crippen LogP contribution >= 0.6 is 27.7 Å². The normalized spacial score (nSPS) is 12.1. The molecular weight excluding hydrogens is 296 g/mol. The van der Waals surface area contributed by atoms with Gasteiger partial charge in [0, 0.05) is 4.90 Å². The predicted molar refractivity (Wildman–Crippen MR) is 75.4 cm³/mol. The molecular formula is C14H11BrOS. The molecule has 1 nitrogen and oxygen atoms in total. The van der Waals surface area contributed by atoms with Gasteiger partial charge in [0.15, 0.2) is 0 Å². The number of alkyl halides is 1. The van der Waals surface area contributed by atoms with E-state index in [9.17, 15) is 4.79 Å². The second-order valence-electron chi connectivity index (χ2n) is 3.51. The standard InChI is InChI=1S/C14H11BrOS/c15-13(11-7-3-1-4-8-11)14(16)17-12-9-5-2-6-10-12/h1-10,13H. The van der Waals surface area contributed by atoms with Gasteiger partial charge < -0.3 is 0 Å². The van der Waals surface area contributed by atoms with E-state index in [2.05, 4.69) is 15.9 Å². The van der Waals surface area contributed by atoms with Crippen molar-refractivity contribution in [2.45, 2.75) is 9.72 Å². The van der Waals surface area contributed by atoms with Crippen LogP contribution in [0.4, 0.5) is 0 Å². The number of carbonyl (C=O) groups excluding carboxylic acids is 1. The van der Waals surface area contributed by atoms with Crippen LogP contribution in [-0.2, 0) is 4.79 Å². The third kappa shape index (κ3) is 3.45. The Morgan fingerprint density at radius 1 is 0.941 bits per heavy atom. The second-order valence-corrected chi connectivity index (χ2v) is 5.50. The van der Waals surface area contributed by atoms with E-state index in [-0.39, 0.29) is 9.94 Å². The molecule has 0 N–H and O–H groups in total.